The molecule has 0 spiro atoms. The maximum atomic E-state index is 13.0. The molecule has 158 valence electrons. The Morgan fingerprint density at radius 2 is 2.04 bits per heavy atom. The van der Waals surface area contributed by atoms with Crippen LogP contribution in [-0.4, -0.2) is 68.0 Å². The molecule has 2 N–H and O–H groups in total. The van der Waals surface area contributed by atoms with Crippen molar-refractivity contribution in [3.8, 4) is 0 Å². The molecule has 1 saturated heterocycles. The lowest BCUT2D eigenvalue weighted by molar-refractivity contribution is -0.133. The lowest BCUT2D eigenvalue weighted by Gasteiger charge is -2.21. The average Bonchev–Trinajstić information content (AvgIpc) is 3.10. The molecule has 1 aliphatic rings. The smallest absolute Gasteiger partial charge is 0.225 e. The van der Waals surface area contributed by atoms with Crippen LogP contribution in [0.2, 0.25) is 0 Å². The minimum absolute atomic E-state index is 0. The van der Waals surface area contributed by atoms with Gasteiger partial charge in [0.05, 0.1) is 0 Å². The van der Waals surface area contributed by atoms with E-state index in [1.54, 1.807) is 7.05 Å². The fourth-order valence-corrected chi connectivity index (χ4v) is 3.18. The molecule has 0 bridgehead atoms. The third-order valence-electron chi connectivity index (χ3n) is 4.71. The Kier molecular flexibility index (Phi) is 10.7. The van der Waals surface area contributed by atoms with Crippen LogP contribution in [0.25, 0.3) is 0 Å². The van der Waals surface area contributed by atoms with Crippen LogP contribution >= 0.6 is 24.0 Å². The number of guanidine groups is 1. The summed E-state index contributed by atoms with van der Waals surface area (Å²) in [5.74, 6) is 0.801. The number of rotatable bonds is 7. The van der Waals surface area contributed by atoms with Gasteiger partial charge >= 0.3 is 0 Å². The van der Waals surface area contributed by atoms with Crippen molar-refractivity contribution >= 4 is 35.8 Å². The summed E-state index contributed by atoms with van der Waals surface area (Å²) >= 11 is 0. The second-order valence-corrected chi connectivity index (χ2v) is 7.43. The Labute approximate surface area is 185 Å². The van der Waals surface area contributed by atoms with E-state index in [0.29, 0.717) is 0 Å². The predicted molar refractivity (Wildman–Crippen MR) is 122 cm³/mol. The van der Waals surface area contributed by atoms with E-state index in [1.807, 2.05) is 37.9 Å². The Morgan fingerprint density at radius 1 is 1.36 bits per heavy atom. The van der Waals surface area contributed by atoms with E-state index in [1.165, 1.54) is 12.1 Å². The largest absolute Gasteiger partial charge is 0.355 e. The van der Waals surface area contributed by atoms with Crippen molar-refractivity contribution in [1.29, 1.82) is 0 Å². The van der Waals surface area contributed by atoms with Crippen LogP contribution in [0.5, 0.6) is 0 Å². The Bertz CT molecular complexity index is 638. The first-order valence-electron chi connectivity index (χ1n) is 9.58. The van der Waals surface area contributed by atoms with Gasteiger partial charge in [0.1, 0.15) is 5.82 Å². The summed E-state index contributed by atoms with van der Waals surface area (Å²) in [4.78, 5) is 20.5. The number of nitrogens with one attached hydrogen (secondary N) is 2. The summed E-state index contributed by atoms with van der Waals surface area (Å²) in [5, 5.41) is 6.73. The zero-order valence-electron chi connectivity index (χ0n) is 17.2. The molecule has 0 radical (unpaired) electrons. The molecule has 1 amide bonds. The summed E-state index contributed by atoms with van der Waals surface area (Å²) in [5.41, 5.74) is 1.09. The summed E-state index contributed by atoms with van der Waals surface area (Å²) in [7, 11) is 3.79. The third-order valence-corrected chi connectivity index (χ3v) is 4.71. The highest BCUT2D eigenvalue weighted by Gasteiger charge is 2.27. The number of nitrogens with zero attached hydrogens (tertiary/aromatic N) is 3. The number of likely N-dealkylation sites (N-methyl/N-ethyl adjacent to an activating group) is 1. The molecular formula is C20H33FIN5O. The van der Waals surface area contributed by atoms with Crippen LogP contribution < -0.4 is 10.6 Å². The highest BCUT2D eigenvalue weighted by atomic mass is 127. The van der Waals surface area contributed by atoms with Crippen LogP contribution in [0.1, 0.15) is 25.8 Å². The monoisotopic (exact) mass is 505 g/mol. The van der Waals surface area contributed by atoms with E-state index in [2.05, 4.69) is 20.5 Å². The zero-order chi connectivity index (χ0) is 19.8. The van der Waals surface area contributed by atoms with Gasteiger partial charge in [0.2, 0.25) is 5.91 Å². The van der Waals surface area contributed by atoms with Crippen LogP contribution in [0.4, 0.5) is 4.39 Å². The highest BCUT2D eigenvalue weighted by molar-refractivity contribution is 14.0. The van der Waals surface area contributed by atoms with Gasteiger partial charge in [-0.3, -0.25) is 9.79 Å². The van der Waals surface area contributed by atoms with E-state index >= 15 is 0 Å². The van der Waals surface area contributed by atoms with Crippen molar-refractivity contribution in [3.05, 3.63) is 35.6 Å². The number of hydrogen-bond acceptors (Lipinski definition) is 3. The second kappa shape index (κ2) is 12.2. The number of halogens is 2. The normalized spacial score (nSPS) is 17.0. The Hall–Kier alpha value is -1.42. The summed E-state index contributed by atoms with van der Waals surface area (Å²) < 4.78 is 13.0. The van der Waals surface area contributed by atoms with Crippen LogP contribution in [0, 0.1) is 11.7 Å². The van der Waals surface area contributed by atoms with Gasteiger partial charge < -0.3 is 20.4 Å². The van der Waals surface area contributed by atoms with E-state index in [0.717, 1.165) is 50.7 Å². The van der Waals surface area contributed by atoms with Crippen molar-refractivity contribution in [2.24, 2.45) is 10.9 Å². The standard InChI is InChI=1S/C20H32FN5O.HI/c1-15(2)19(27)26-11-9-18(14-26)24-20(22-3)23-10-12-25(4)13-16-5-7-17(21)8-6-16;/h5-8,15,18H,9-14H2,1-4H3,(H2,22,23,24);1H. The van der Waals surface area contributed by atoms with Gasteiger partial charge in [0.25, 0.3) is 0 Å². The number of carbonyl (C=O) groups is 1. The summed E-state index contributed by atoms with van der Waals surface area (Å²) in [6, 6.07) is 6.83. The van der Waals surface area contributed by atoms with Crippen molar-refractivity contribution in [2.45, 2.75) is 32.9 Å². The minimum Gasteiger partial charge on any atom is -0.355 e. The molecule has 1 heterocycles. The lowest BCUT2D eigenvalue weighted by Crippen LogP contribution is -2.46. The molecule has 2 rings (SSSR count). The molecule has 0 aromatic heterocycles. The molecule has 1 unspecified atom stereocenters. The van der Waals surface area contributed by atoms with Crippen molar-refractivity contribution in [1.82, 2.24) is 20.4 Å². The van der Waals surface area contributed by atoms with E-state index in [-0.39, 0.29) is 47.7 Å². The first kappa shape index (κ1) is 24.6. The van der Waals surface area contributed by atoms with E-state index < -0.39 is 0 Å². The quantitative estimate of drug-likeness (QED) is 0.339. The number of carbonyl (C=O) groups excluding carboxylic acids is 1. The van der Waals surface area contributed by atoms with Crippen LogP contribution in [0.3, 0.4) is 0 Å². The van der Waals surface area contributed by atoms with Gasteiger partial charge in [-0.25, -0.2) is 4.39 Å². The van der Waals surface area contributed by atoms with Crippen molar-refractivity contribution in [3.63, 3.8) is 0 Å². The number of hydrogen-bond donors (Lipinski definition) is 2. The van der Waals surface area contributed by atoms with Gasteiger partial charge in [-0.1, -0.05) is 26.0 Å². The molecular weight excluding hydrogens is 472 g/mol. The van der Waals surface area contributed by atoms with E-state index in [9.17, 15) is 9.18 Å². The summed E-state index contributed by atoms with van der Waals surface area (Å²) in [6.45, 7) is 7.74. The number of likely N-dealkylation sites (tertiary alicyclic amines) is 1. The molecule has 6 nitrogen and oxygen atoms in total. The van der Waals surface area contributed by atoms with Crippen LogP contribution in [-0.2, 0) is 11.3 Å². The third kappa shape index (κ3) is 7.90. The fraction of sp³-hybridized carbons (Fsp3) is 0.600. The predicted octanol–water partition coefficient (Wildman–Crippen LogP) is 2.30. The van der Waals surface area contributed by atoms with Crippen molar-refractivity contribution in [2.75, 3.05) is 40.3 Å². The maximum Gasteiger partial charge on any atom is 0.225 e. The maximum absolute atomic E-state index is 13.0. The van der Waals surface area contributed by atoms with Gasteiger partial charge in [-0.05, 0) is 31.2 Å². The molecule has 28 heavy (non-hydrogen) atoms. The minimum atomic E-state index is -0.210. The number of amides is 1. The molecule has 0 saturated carbocycles. The molecule has 1 aromatic rings. The highest BCUT2D eigenvalue weighted by Crippen LogP contribution is 2.12. The van der Waals surface area contributed by atoms with Gasteiger partial charge in [0, 0.05) is 51.7 Å². The van der Waals surface area contributed by atoms with E-state index in [4.69, 9.17) is 0 Å². The lowest BCUT2D eigenvalue weighted by atomic mass is 10.2. The molecule has 0 aliphatic carbocycles. The molecule has 1 aliphatic heterocycles. The zero-order valence-corrected chi connectivity index (χ0v) is 19.6. The Balaban J connectivity index is 0.00000392. The second-order valence-electron chi connectivity index (χ2n) is 7.43. The first-order valence-corrected chi connectivity index (χ1v) is 9.58. The molecule has 8 heteroatoms. The first-order chi connectivity index (χ1) is 12.9. The van der Waals surface area contributed by atoms with Gasteiger partial charge in [-0.2, -0.15) is 0 Å². The molecule has 1 atom stereocenters. The van der Waals surface area contributed by atoms with Gasteiger partial charge in [-0.15, -0.1) is 24.0 Å². The molecule has 1 fully saturated rings. The molecule has 1 aromatic carbocycles. The number of benzene rings is 1. The SMILES string of the molecule is CN=C(NCCN(C)Cc1ccc(F)cc1)NC1CCN(C(=O)C(C)C)C1.I. The fourth-order valence-electron chi connectivity index (χ4n) is 3.18. The average molecular weight is 505 g/mol. The van der Waals surface area contributed by atoms with Gasteiger partial charge in [0.15, 0.2) is 5.96 Å². The van der Waals surface area contributed by atoms with Crippen LogP contribution in [0.15, 0.2) is 29.3 Å². The Morgan fingerprint density at radius 3 is 2.64 bits per heavy atom. The topological polar surface area (TPSA) is 60.0 Å². The van der Waals surface area contributed by atoms with Crippen molar-refractivity contribution < 1.29 is 9.18 Å². The number of aliphatic imine (C=N–C) groups is 1. The summed E-state index contributed by atoms with van der Waals surface area (Å²) in [6.07, 6.45) is 0.934.